The molecule has 0 bridgehead atoms. The predicted octanol–water partition coefficient (Wildman–Crippen LogP) is 1.29. The first-order valence-electron chi connectivity index (χ1n) is 6.99. The van der Waals surface area contributed by atoms with Crippen LogP contribution in [0.25, 0.3) is 0 Å². The van der Waals surface area contributed by atoms with E-state index in [0.29, 0.717) is 0 Å². The van der Waals surface area contributed by atoms with Crippen molar-refractivity contribution < 1.29 is 4.74 Å². The van der Waals surface area contributed by atoms with Crippen molar-refractivity contribution in [3.63, 3.8) is 0 Å². The second-order valence-corrected chi connectivity index (χ2v) is 6.32. The summed E-state index contributed by atoms with van der Waals surface area (Å²) >= 11 is 0. The van der Waals surface area contributed by atoms with Gasteiger partial charge in [-0.3, -0.25) is 0 Å². The molecule has 0 unspecified atom stereocenters. The molecule has 0 aromatic carbocycles. The second kappa shape index (κ2) is 4.72. The summed E-state index contributed by atoms with van der Waals surface area (Å²) in [5, 5.41) is 0. The molecule has 1 saturated heterocycles. The number of fused-ring (bicyclic) bond motifs is 1. The number of nitrogens with two attached hydrogens (primary N) is 1. The van der Waals surface area contributed by atoms with Crippen molar-refractivity contribution in [2.45, 2.75) is 32.7 Å². The van der Waals surface area contributed by atoms with Gasteiger partial charge in [-0.1, -0.05) is 13.8 Å². The molecular formula is C14H22N4O. The van der Waals surface area contributed by atoms with Crippen LogP contribution in [0.4, 0.5) is 5.95 Å². The third kappa shape index (κ3) is 2.58. The number of aromatic nitrogens is 2. The molecule has 5 heteroatoms. The Morgan fingerprint density at radius 1 is 1.37 bits per heavy atom. The Labute approximate surface area is 114 Å². The third-order valence-electron chi connectivity index (χ3n) is 4.00. The number of rotatable bonds is 1. The quantitative estimate of drug-likeness (QED) is 0.826. The van der Waals surface area contributed by atoms with Gasteiger partial charge in [-0.05, 0) is 18.3 Å². The Bertz CT molecular complexity index is 469. The fourth-order valence-corrected chi connectivity index (χ4v) is 3.01. The van der Waals surface area contributed by atoms with Crippen LogP contribution in [0, 0.1) is 5.41 Å². The number of morpholine rings is 1. The molecule has 5 nitrogen and oxygen atoms in total. The highest BCUT2D eigenvalue weighted by Crippen LogP contribution is 2.38. The molecular weight excluding hydrogens is 240 g/mol. The lowest BCUT2D eigenvalue weighted by Gasteiger charge is -2.35. The third-order valence-corrected chi connectivity index (χ3v) is 4.00. The van der Waals surface area contributed by atoms with Crippen molar-refractivity contribution in [3.05, 3.63) is 17.5 Å². The SMILES string of the molecule is CC1(C)Cc2nc(N3CCOCC3)ncc2[C@H](N)C1. The van der Waals surface area contributed by atoms with Crippen molar-refractivity contribution in [2.75, 3.05) is 31.2 Å². The van der Waals surface area contributed by atoms with E-state index in [1.165, 1.54) is 0 Å². The zero-order chi connectivity index (χ0) is 13.5. The predicted molar refractivity (Wildman–Crippen MR) is 74.1 cm³/mol. The monoisotopic (exact) mass is 262 g/mol. The van der Waals surface area contributed by atoms with E-state index in [9.17, 15) is 0 Å². The minimum Gasteiger partial charge on any atom is -0.378 e. The van der Waals surface area contributed by atoms with Crippen molar-refractivity contribution in [3.8, 4) is 0 Å². The van der Waals surface area contributed by atoms with Crippen LogP contribution in [-0.4, -0.2) is 36.3 Å². The van der Waals surface area contributed by atoms with Gasteiger partial charge in [-0.15, -0.1) is 0 Å². The minimum atomic E-state index is 0.0671. The van der Waals surface area contributed by atoms with E-state index in [-0.39, 0.29) is 11.5 Å². The Hall–Kier alpha value is -1.20. The fraction of sp³-hybridized carbons (Fsp3) is 0.714. The molecule has 0 amide bonds. The number of anilines is 1. The van der Waals surface area contributed by atoms with E-state index >= 15 is 0 Å². The van der Waals surface area contributed by atoms with E-state index in [4.69, 9.17) is 15.5 Å². The highest BCUT2D eigenvalue weighted by atomic mass is 16.5. The van der Waals surface area contributed by atoms with Crippen molar-refractivity contribution in [2.24, 2.45) is 11.1 Å². The smallest absolute Gasteiger partial charge is 0.225 e. The first kappa shape index (κ1) is 12.8. The van der Waals surface area contributed by atoms with Crippen molar-refractivity contribution >= 4 is 5.95 Å². The number of hydrogen-bond acceptors (Lipinski definition) is 5. The number of ether oxygens (including phenoxy) is 1. The molecule has 2 aliphatic rings. The lowest BCUT2D eigenvalue weighted by molar-refractivity contribution is 0.122. The van der Waals surface area contributed by atoms with Crippen molar-refractivity contribution in [1.29, 1.82) is 0 Å². The zero-order valence-electron chi connectivity index (χ0n) is 11.7. The van der Waals surface area contributed by atoms with Crippen LogP contribution in [0.3, 0.4) is 0 Å². The topological polar surface area (TPSA) is 64.3 Å². The average Bonchev–Trinajstić information content (AvgIpc) is 2.37. The fourth-order valence-electron chi connectivity index (χ4n) is 3.01. The molecule has 1 aromatic rings. The van der Waals surface area contributed by atoms with Gasteiger partial charge in [0.1, 0.15) is 0 Å². The van der Waals surface area contributed by atoms with Crippen LogP contribution in [-0.2, 0) is 11.2 Å². The van der Waals surface area contributed by atoms with Gasteiger partial charge >= 0.3 is 0 Å². The molecule has 0 spiro atoms. The van der Waals surface area contributed by atoms with Gasteiger partial charge in [0.15, 0.2) is 0 Å². The maximum Gasteiger partial charge on any atom is 0.225 e. The summed E-state index contributed by atoms with van der Waals surface area (Å²) in [5.41, 5.74) is 8.71. The first-order chi connectivity index (χ1) is 9.05. The summed E-state index contributed by atoms with van der Waals surface area (Å²) < 4.78 is 5.37. The second-order valence-electron chi connectivity index (χ2n) is 6.32. The summed E-state index contributed by atoms with van der Waals surface area (Å²) in [7, 11) is 0. The number of nitrogens with zero attached hydrogens (tertiary/aromatic N) is 3. The zero-order valence-corrected chi connectivity index (χ0v) is 11.7. The van der Waals surface area contributed by atoms with Gasteiger partial charge in [0.2, 0.25) is 5.95 Å². The Morgan fingerprint density at radius 3 is 2.84 bits per heavy atom. The summed E-state index contributed by atoms with van der Waals surface area (Å²) in [6.07, 6.45) is 3.91. The molecule has 0 saturated carbocycles. The van der Waals surface area contributed by atoms with E-state index < -0.39 is 0 Å². The summed E-state index contributed by atoms with van der Waals surface area (Å²) in [5.74, 6) is 0.826. The van der Waals surface area contributed by atoms with Crippen LogP contribution in [0.2, 0.25) is 0 Å². The van der Waals surface area contributed by atoms with Crippen LogP contribution >= 0.6 is 0 Å². The molecule has 1 aromatic heterocycles. The lowest BCUT2D eigenvalue weighted by atomic mass is 9.74. The Balaban J connectivity index is 1.90. The van der Waals surface area contributed by atoms with Gasteiger partial charge < -0.3 is 15.4 Å². The molecule has 104 valence electrons. The molecule has 2 N–H and O–H groups in total. The normalized spacial score (nSPS) is 26.1. The van der Waals surface area contributed by atoms with Gasteiger partial charge in [0.25, 0.3) is 0 Å². The molecule has 1 aliphatic heterocycles. The lowest BCUT2D eigenvalue weighted by Crippen LogP contribution is -2.38. The van der Waals surface area contributed by atoms with Crippen LogP contribution in [0.1, 0.15) is 37.6 Å². The highest BCUT2D eigenvalue weighted by Gasteiger charge is 2.32. The first-order valence-corrected chi connectivity index (χ1v) is 6.99. The molecule has 19 heavy (non-hydrogen) atoms. The molecule has 1 aliphatic carbocycles. The number of hydrogen-bond donors (Lipinski definition) is 1. The van der Waals surface area contributed by atoms with Gasteiger partial charge in [0.05, 0.1) is 18.9 Å². The molecule has 0 radical (unpaired) electrons. The molecule has 1 fully saturated rings. The van der Waals surface area contributed by atoms with Crippen molar-refractivity contribution in [1.82, 2.24) is 9.97 Å². The highest BCUT2D eigenvalue weighted by molar-refractivity contribution is 5.36. The Kier molecular flexibility index (Phi) is 3.19. The van der Waals surface area contributed by atoms with Gasteiger partial charge in [-0.25, -0.2) is 9.97 Å². The van der Waals surface area contributed by atoms with Gasteiger partial charge in [0, 0.05) is 30.9 Å². The van der Waals surface area contributed by atoms with E-state index in [1.807, 2.05) is 6.20 Å². The van der Waals surface area contributed by atoms with E-state index in [1.54, 1.807) is 0 Å². The van der Waals surface area contributed by atoms with E-state index in [0.717, 1.165) is 56.4 Å². The maximum absolute atomic E-state index is 6.24. The maximum atomic E-state index is 6.24. The van der Waals surface area contributed by atoms with Crippen LogP contribution < -0.4 is 10.6 Å². The minimum absolute atomic E-state index is 0.0671. The summed E-state index contributed by atoms with van der Waals surface area (Å²) in [6.45, 7) is 7.76. The molecule has 1 atom stereocenters. The summed E-state index contributed by atoms with van der Waals surface area (Å²) in [6, 6.07) is 0.0671. The molecule has 2 heterocycles. The average molecular weight is 262 g/mol. The summed E-state index contributed by atoms with van der Waals surface area (Å²) in [4.78, 5) is 11.4. The molecule has 3 rings (SSSR count). The van der Waals surface area contributed by atoms with Gasteiger partial charge in [-0.2, -0.15) is 0 Å². The van der Waals surface area contributed by atoms with E-state index in [2.05, 4.69) is 23.7 Å². The van der Waals surface area contributed by atoms with Crippen LogP contribution in [0.5, 0.6) is 0 Å². The Morgan fingerprint density at radius 2 is 2.11 bits per heavy atom. The van der Waals surface area contributed by atoms with Crippen LogP contribution in [0.15, 0.2) is 6.20 Å². The largest absolute Gasteiger partial charge is 0.378 e. The standard InChI is InChI=1S/C14H22N4O/c1-14(2)7-11(15)10-9-16-13(17-12(10)8-14)18-3-5-19-6-4-18/h9,11H,3-8,15H2,1-2H3/t11-/m1/s1.